The molecule has 2 aromatic carbocycles. The maximum atomic E-state index is 6.16. The molecule has 25 heavy (non-hydrogen) atoms. The van der Waals surface area contributed by atoms with E-state index in [4.69, 9.17) is 21.1 Å². The van der Waals surface area contributed by atoms with Crippen molar-refractivity contribution in [1.29, 1.82) is 0 Å². The maximum absolute atomic E-state index is 6.16. The molecule has 0 unspecified atom stereocenters. The van der Waals surface area contributed by atoms with Crippen LogP contribution in [0.3, 0.4) is 0 Å². The number of rotatable bonds is 6. The molecule has 128 valence electrons. The zero-order valence-corrected chi connectivity index (χ0v) is 14.5. The van der Waals surface area contributed by atoms with Crippen molar-refractivity contribution in [2.45, 2.75) is 0 Å². The lowest BCUT2D eigenvalue weighted by atomic mass is 10.2. The lowest BCUT2D eigenvalue weighted by Gasteiger charge is -2.13. The first-order chi connectivity index (χ1) is 12.2. The second kappa shape index (κ2) is 7.72. The van der Waals surface area contributed by atoms with E-state index in [0.29, 0.717) is 28.2 Å². The Morgan fingerprint density at radius 2 is 1.56 bits per heavy atom. The molecule has 3 rings (SSSR count). The molecule has 0 atom stereocenters. The van der Waals surface area contributed by atoms with Gasteiger partial charge in [0.25, 0.3) is 0 Å². The van der Waals surface area contributed by atoms with Crippen molar-refractivity contribution >= 4 is 34.6 Å². The first-order valence-corrected chi connectivity index (χ1v) is 7.90. The van der Waals surface area contributed by atoms with E-state index in [9.17, 15) is 0 Å². The minimum absolute atomic E-state index is 0.618. The van der Waals surface area contributed by atoms with Gasteiger partial charge in [0.05, 0.1) is 30.6 Å². The second-order valence-corrected chi connectivity index (χ2v) is 5.49. The quantitative estimate of drug-likeness (QED) is 0.671. The summed E-state index contributed by atoms with van der Waals surface area (Å²) in [6.45, 7) is 0. The third-order valence-electron chi connectivity index (χ3n) is 3.48. The number of methoxy groups -OCH3 is 2. The van der Waals surface area contributed by atoms with Gasteiger partial charge in [-0.15, -0.1) is 0 Å². The molecule has 0 radical (unpaired) electrons. The zero-order valence-electron chi connectivity index (χ0n) is 13.8. The fraction of sp³-hybridized carbons (Fsp3) is 0.111. The molecule has 0 bridgehead atoms. The van der Waals surface area contributed by atoms with Crippen molar-refractivity contribution < 1.29 is 9.47 Å². The zero-order chi connectivity index (χ0) is 17.6. The SMILES string of the molecule is COc1ccc(Nc2cc(Nc3ccccc3Cl)ncn2)c(OC)c1. The molecule has 0 amide bonds. The summed E-state index contributed by atoms with van der Waals surface area (Å²) >= 11 is 6.16. The number of ether oxygens (including phenoxy) is 2. The van der Waals surface area contributed by atoms with Crippen LogP contribution < -0.4 is 20.1 Å². The van der Waals surface area contributed by atoms with Gasteiger partial charge in [-0.2, -0.15) is 0 Å². The summed E-state index contributed by atoms with van der Waals surface area (Å²) < 4.78 is 10.6. The Morgan fingerprint density at radius 1 is 0.840 bits per heavy atom. The van der Waals surface area contributed by atoms with Crippen molar-refractivity contribution in [2.75, 3.05) is 24.9 Å². The van der Waals surface area contributed by atoms with E-state index in [1.807, 2.05) is 36.4 Å². The van der Waals surface area contributed by atoms with Gasteiger partial charge in [-0.1, -0.05) is 23.7 Å². The van der Waals surface area contributed by atoms with Gasteiger partial charge >= 0.3 is 0 Å². The van der Waals surface area contributed by atoms with Gasteiger partial charge < -0.3 is 20.1 Å². The van der Waals surface area contributed by atoms with Crippen LogP contribution in [-0.2, 0) is 0 Å². The van der Waals surface area contributed by atoms with Crippen molar-refractivity contribution in [1.82, 2.24) is 9.97 Å². The summed E-state index contributed by atoms with van der Waals surface area (Å²) in [7, 11) is 3.21. The summed E-state index contributed by atoms with van der Waals surface area (Å²) in [5.74, 6) is 2.61. The van der Waals surface area contributed by atoms with Crippen molar-refractivity contribution in [3.8, 4) is 11.5 Å². The largest absolute Gasteiger partial charge is 0.497 e. The normalized spacial score (nSPS) is 10.2. The molecule has 0 aliphatic carbocycles. The third-order valence-corrected chi connectivity index (χ3v) is 3.80. The van der Waals surface area contributed by atoms with E-state index in [1.165, 1.54) is 6.33 Å². The van der Waals surface area contributed by atoms with Gasteiger partial charge in [-0.3, -0.25) is 0 Å². The number of benzene rings is 2. The highest BCUT2D eigenvalue weighted by atomic mass is 35.5. The van der Waals surface area contributed by atoms with Crippen LogP contribution in [-0.4, -0.2) is 24.2 Å². The van der Waals surface area contributed by atoms with Gasteiger partial charge in [0.15, 0.2) is 0 Å². The summed E-state index contributed by atoms with van der Waals surface area (Å²) in [5.41, 5.74) is 1.54. The average molecular weight is 357 g/mol. The van der Waals surface area contributed by atoms with E-state index in [0.717, 1.165) is 11.4 Å². The molecule has 7 heteroatoms. The van der Waals surface area contributed by atoms with E-state index >= 15 is 0 Å². The summed E-state index contributed by atoms with van der Waals surface area (Å²) in [6.07, 6.45) is 1.47. The van der Waals surface area contributed by atoms with Gasteiger partial charge in [-0.05, 0) is 24.3 Å². The van der Waals surface area contributed by atoms with E-state index in [1.54, 1.807) is 26.4 Å². The molecule has 1 heterocycles. The van der Waals surface area contributed by atoms with Crippen LogP contribution in [0.4, 0.5) is 23.0 Å². The van der Waals surface area contributed by atoms with Crippen molar-refractivity contribution in [3.05, 3.63) is 59.9 Å². The number of para-hydroxylation sites is 1. The van der Waals surface area contributed by atoms with Crippen LogP contribution in [0, 0.1) is 0 Å². The molecular weight excluding hydrogens is 340 g/mol. The van der Waals surface area contributed by atoms with Crippen LogP contribution in [0.1, 0.15) is 0 Å². The molecular formula is C18H17ClN4O2. The predicted molar refractivity (Wildman–Crippen MR) is 99.6 cm³/mol. The fourth-order valence-electron chi connectivity index (χ4n) is 2.23. The highest BCUT2D eigenvalue weighted by Crippen LogP contribution is 2.31. The molecule has 3 aromatic rings. The minimum atomic E-state index is 0.618. The molecule has 0 saturated heterocycles. The minimum Gasteiger partial charge on any atom is -0.497 e. The molecule has 2 N–H and O–H groups in total. The van der Waals surface area contributed by atoms with E-state index in [2.05, 4.69) is 20.6 Å². The number of anilines is 4. The van der Waals surface area contributed by atoms with Gasteiger partial charge in [-0.25, -0.2) is 9.97 Å². The third kappa shape index (κ3) is 4.10. The van der Waals surface area contributed by atoms with Crippen molar-refractivity contribution in [2.24, 2.45) is 0 Å². The Hall–Kier alpha value is -2.99. The Morgan fingerprint density at radius 3 is 2.24 bits per heavy atom. The fourth-order valence-corrected chi connectivity index (χ4v) is 2.42. The molecule has 0 spiro atoms. The van der Waals surface area contributed by atoms with Crippen LogP contribution in [0.25, 0.3) is 0 Å². The Labute approximate surface area is 150 Å². The molecule has 0 fully saturated rings. The number of hydrogen-bond donors (Lipinski definition) is 2. The van der Waals surface area contributed by atoms with Crippen LogP contribution in [0.5, 0.6) is 11.5 Å². The topological polar surface area (TPSA) is 68.3 Å². The van der Waals surface area contributed by atoms with Gasteiger partial charge in [0, 0.05) is 12.1 Å². The summed E-state index contributed by atoms with van der Waals surface area (Å²) in [4.78, 5) is 8.45. The highest BCUT2D eigenvalue weighted by molar-refractivity contribution is 6.33. The first-order valence-electron chi connectivity index (χ1n) is 7.52. The summed E-state index contributed by atoms with van der Waals surface area (Å²) in [5, 5.41) is 7.00. The van der Waals surface area contributed by atoms with Gasteiger partial charge in [0.1, 0.15) is 29.5 Å². The number of aromatic nitrogens is 2. The van der Waals surface area contributed by atoms with E-state index < -0.39 is 0 Å². The van der Waals surface area contributed by atoms with Gasteiger partial charge in [0.2, 0.25) is 0 Å². The molecule has 0 aliphatic rings. The lowest BCUT2D eigenvalue weighted by molar-refractivity contribution is 0.395. The molecule has 6 nitrogen and oxygen atoms in total. The smallest absolute Gasteiger partial charge is 0.146 e. The maximum Gasteiger partial charge on any atom is 0.146 e. The molecule has 1 aromatic heterocycles. The van der Waals surface area contributed by atoms with Crippen molar-refractivity contribution in [3.63, 3.8) is 0 Å². The number of nitrogens with zero attached hydrogens (tertiary/aromatic N) is 2. The average Bonchev–Trinajstić information content (AvgIpc) is 2.64. The first kappa shape index (κ1) is 16.9. The predicted octanol–water partition coefficient (Wildman–Crippen LogP) is 4.63. The Bertz CT molecular complexity index is 873. The molecule has 0 aliphatic heterocycles. The molecule has 0 saturated carbocycles. The monoisotopic (exact) mass is 356 g/mol. The number of nitrogens with one attached hydrogen (secondary N) is 2. The highest BCUT2D eigenvalue weighted by Gasteiger charge is 2.07. The Balaban J connectivity index is 1.81. The van der Waals surface area contributed by atoms with E-state index in [-0.39, 0.29) is 0 Å². The number of hydrogen-bond acceptors (Lipinski definition) is 6. The summed E-state index contributed by atoms with van der Waals surface area (Å²) in [6, 6.07) is 14.7. The van der Waals surface area contributed by atoms with Crippen LogP contribution in [0.15, 0.2) is 54.9 Å². The second-order valence-electron chi connectivity index (χ2n) is 5.08. The van der Waals surface area contributed by atoms with Crippen LogP contribution in [0.2, 0.25) is 5.02 Å². The van der Waals surface area contributed by atoms with Crippen LogP contribution >= 0.6 is 11.6 Å². The number of halogens is 1. The lowest BCUT2D eigenvalue weighted by Crippen LogP contribution is -2.00. The standard InChI is InChI=1S/C18H17ClN4O2/c1-24-12-7-8-15(16(9-12)25-2)23-18-10-17(20-11-21-18)22-14-6-4-3-5-13(14)19/h3-11H,1-2H3,(H2,20,21,22,23). The Kier molecular flexibility index (Phi) is 5.20.